The number of amides is 2. The number of likely N-dealkylation sites (tertiary alicyclic amines) is 1. The molecule has 2 aliphatic heterocycles. The number of para-hydroxylation sites is 2. The number of methoxy groups -OCH3 is 1. The first kappa shape index (κ1) is 27.6. The summed E-state index contributed by atoms with van der Waals surface area (Å²) in [6.07, 6.45) is -0.129. The normalized spacial score (nSPS) is 22.2. The van der Waals surface area contributed by atoms with Crippen LogP contribution in [0, 0.1) is 6.92 Å². The number of carbonyl (C=O) groups is 3. The van der Waals surface area contributed by atoms with E-state index < -0.39 is 47.1 Å². The van der Waals surface area contributed by atoms with E-state index in [1.54, 1.807) is 41.5 Å². The van der Waals surface area contributed by atoms with Crippen molar-refractivity contribution in [2.75, 3.05) is 12.0 Å². The second kappa shape index (κ2) is 9.28. The van der Waals surface area contributed by atoms with Gasteiger partial charge in [0.25, 0.3) is 0 Å². The Morgan fingerprint density at radius 3 is 2.12 bits per heavy atom. The SMILES string of the molecule is COC(=O)[C@H]1C[C@@]2(n3cc(C)c4ccccc43)c3ccccc3N(C(=O)OC(C)(C)C)[C@H]2N1C(=O)OC(C)(C)C. The van der Waals surface area contributed by atoms with Crippen LogP contribution in [0.2, 0.25) is 0 Å². The molecule has 2 aliphatic rings. The number of rotatable bonds is 2. The van der Waals surface area contributed by atoms with Gasteiger partial charge in [-0.15, -0.1) is 0 Å². The average molecular weight is 548 g/mol. The second-order valence-corrected chi connectivity index (χ2v) is 12.5. The third-order valence-electron chi connectivity index (χ3n) is 7.41. The lowest BCUT2D eigenvalue weighted by molar-refractivity contribution is -0.146. The topological polar surface area (TPSA) is 90.3 Å². The Morgan fingerprint density at radius 1 is 0.875 bits per heavy atom. The highest BCUT2D eigenvalue weighted by Crippen LogP contribution is 2.56. The van der Waals surface area contributed by atoms with Crippen LogP contribution in [0.5, 0.6) is 0 Å². The smallest absolute Gasteiger partial charge is 0.416 e. The molecule has 0 saturated carbocycles. The second-order valence-electron chi connectivity index (χ2n) is 12.5. The van der Waals surface area contributed by atoms with Crippen molar-refractivity contribution in [3.63, 3.8) is 0 Å². The molecule has 1 saturated heterocycles. The number of ether oxygens (including phenoxy) is 3. The highest BCUT2D eigenvalue weighted by Gasteiger charge is 2.67. The van der Waals surface area contributed by atoms with Gasteiger partial charge in [0, 0.05) is 29.1 Å². The van der Waals surface area contributed by atoms with Gasteiger partial charge in [-0.25, -0.2) is 14.4 Å². The molecule has 0 aliphatic carbocycles. The maximum atomic E-state index is 14.0. The number of hydrogen-bond donors (Lipinski definition) is 0. The fourth-order valence-corrected chi connectivity index (χ4v) is 6.08. The zero-order chi connectivity index (χ0) is 29.2. The summed E-state index contributed by atoms with van der Waals surface area (Å²) in [5.41, 5.74) is 0.660. The molecule has 2 amide bonds. The van der Waals surface area contributed by atoms with Crippen LogP contribution >= 0.6 is 0 Å². The minimum Gasteiger partial charge on any atom is -0.467 e. The number of benzene rings is 2. The first-order valence-corrected chi connectivity index (χ1v) is 13.5. The third kappa shape index (κ3) is 4.28. The van der Waals surface area contributed by atoms with Crippen LogP contribution in [0.1, 0.15) is 59.1 Å². The van der Waals surface area contributed by atoms with E-state index in [1.807, 2.05) is 61.7 Å². The molecule has 9 nitrogen and oxygen atoms in total. The number of aromatic nitrogens is 1. The lowest BCUT2D eigenvalue weighted by Crippen LogP contribution is -2.59. The molecule has 1 aromatic heterocycles. The van der Waals surface area contributed by atoms with Crippen molar-refractivity contribution in [3.8, 4) is 0 Å². The third-order valence-corrected chi connectivity index (χ3v) is 7.41. The van der Waals surface area contributed by atoms with E-state index >= 15 is 0 Å². The average Bonchev–Trinajstić information content (AvgIpc) is 3.47. The Labute approximate surface area is 234 Å². The fraction of sp³-hybridized carbons (Fsp3) is 0.452. The van der Waals surface area contributed by atoms with Gasteiger partial charge in [-0.1, -0.05) is 36.4 Å². The van der Waals surface area contributed by atoms with Gasteiger partial charge >= 0.3 is 18.2 Å². The lowest BCUT2D eigenvalue weighted by atomic mass is 9.86. The van der Waals surface area contributed by atoms with E-state index in [0.717, 1.165) is 22.0 Å². The summed E-state index contributed by atoms with van der Waals surface area (Å²) >= 11 is 0. The van der Waals surface area contributed by atoms with Gasteiger partial charge in [-0.2, -0.15) is 0 Å². The molecule has 2 aromatic carbocycles. The number of carbonyl (C=O) groups excluding carboxylic acids is 3. The van der Waals surface area contributed by atoms with Crippen LogP contribution in [-0.4, -0.2) is 58.1 Å². The van der Waals surface area contributed by atoms with Gasteiger partial charge in [0.2, 0.25) is 0 Å². The molecule has 0 spiro atoms. The number of hydrogen-bond acceptors (Lipinski definition) is 6. The van der Waals surface area contributed by atoms with Crippen molar-refractivity contribution in [3.05, 3.63) is 65.9 Å². The summed E-state index contributed by atoms with van der Waals surface area (Å²) < 4.78 is 19.1. The summed E-state index contributed by atoms with van der Waals surface area (Å²) in [6.45, 7) is 12.7. The van der Waals surface area contributed by atoms with Crippen molar-refractivity contribution in [1.29, 1.82) is 0 Å². The van der Waals surface area contributed by atoms with Crippen LogP contribution in [0.3, 0.4) is 0 Å². The highest BCUT2D eigenvalue weighted by atomic mass is 16.6. The number of fused-ring (bicyclic) bond motifs is 4. The van der Waals surface area contributed by atoms with E-state index in [-0.39, 0.29) is 6.42 Å². The van der Waals surface area contributed by atoms with Crippen molar-refractivity contribution in [1.82, 2.24) is 9.47 Å². The highest BCUT2D eigenvalue weighted by molar-refractivity contribution is 5.96. The van der Waals surface area contributed by atoms with E-state index in [1.165, 1.54) is 16.9 Å². The molecule has 0 unspecified atom stereocenters. The number of esters is 1. The molecule has 212 valence electrons. The first-order chi connectivity index (χ1) is 18.7. The minimum absolute atomic E-state index is 0.165. The van der Waals surface area contributed by atoms with Crippen LogP contribution in [0.25, 0.3) is 10.9 Å². The van der Waals surface area contributed by atoms with Crippen molar-refractivity contribution >= 4 is 34.7 Å². The first-order valence-electron chi connectivity index (χ1n) is 13.5. The molecule has 3 heterocycles. The molecular formula is C31H37N3O6. The Hall–Kier alpha value is -4.01. The molecule has 5 rings (SSSR count). The monoisotopic (exact) mass is 547 g/mol. The van der Waals surface area contributed by atoms with Gasteiger partial charge in [0.1, 0.15) is 28.9 Å². The number of aryl methyl sites for hydroxylation is 1. The minimum atomic E-state index is -1.04. The van der Waals surface area contributed by atoms with Gasteiger partial charge < -0.3 is 18.8 Å². The predicted octanol–water partition coefficient (Wildman–Crippen LogP) is 5.96. The standard InChI is InChI=1S/C31H37N3O6/c1-19-18-32(22-15-11-9-13-20(19)22)31-17-24(25(35)38-8)34(28(37)40-30(5,6)7)26(31)33(27(36)39-29(2,3)4)23-16-12-10-14-21(23)31/h9-16,18,24,26H,17H2,1-8H3/t24-,26+,31-/m1/s1. The Bertz CT molecular complexity index is 1500. The summed E-state index contributed by atoms with van der Waals surface area (Å²) in [5, 5.41) is 1.04. The summed E-state index contributed by atoms with van der Waals surface area (Å²) in [6, 6.07) is 14.5. The summed E-state index contributed by atoms with van der Waals surface area (Å²) in [7, 11) is 1.30. The quantitative estimate of drug-likeness (QED) is 0.291. The van der Waals surface area contributed by atoms with E-state index in [9.17, 15) is 14.4 Å². The van der Waals surface area contributed by atoms with Gasteiger partial charge in [0.05, 0.1) is 12.8 Å². The summed E-state index contributed by atoms with van der Waals surface area (Å²) in [5.74, 6) is -0.588. The van der Waals surface area contributed by atoms with Crippen molar-refractivity contribution in [2.24, 2.45) is 0 Å². The maximum Gasteiger partial charge on any atom is 0.416 e. The Balaban J connectivity index is 1.84. The van der Waals surface area contributed by atoms with Gasteiger partial charge in [0.15, 0.2) is 0 Å². The van der Waals surface area contributed by atoms with E-state index in [4.69, 9.17) is 14.2 Å². The Kier molecular flexibility index (Phi) is 6.39. The molecule has 9 heteroatoms. The van der Waals surface area contributed by atoms with Gasteiger partial charge in [-0.05, 0) is 66.2 Å². The molecule has 1 fully saturated rings. The maximum absolute atomic E-state index is 14.0. The fourth-order valence-electron chi connectivity index (χ4n) is 6.08. The van der Waals surface area contributed by atoms with Crippen molar-refractivity contribution < 1.29 is 28.6 Å². The van der Waals surface area contributed by atoms with Crippen LogP contribution in [0.15, 0.2) is 54.7 Å². The van der Waals surface area contributed by atoms with Crippen LogP contribution in [0.4, 0.5) is 15.3 Å². The summed E-state index contributed by atoms with van der Waals surface area (Å²) in [4.78, 5) is 44.2. The molecule has 3 atom stereocenters. The predicted molar refractivity (Wildman–Crippen MR) is 151 cm³/mol. The van der Waals surface area contributed by atoms with Gasteiger partial charge in [-0.3, -0.25) is 9.80 Å². The number of anilines is 1. The molecule has 3 aromatic rings. The Morgan fingerprint density at radius 2 is 1.48 bits per heavy atom. The molecule has 0 bridgehead atoms. The van der Waals surface area contributed by atoms with Crippen LogP contribution in [-0.2, 0) is 24.5 Å². The van der Waals surface area contributed by atoms with E-state index in [0.29, 0.717) is 5.69 Å². The largest absolute Gasteiger partial charge is 0.467 e. The van der Waals surface area contributed by atoms with Crippen molar-refractivity contribution in [2.45, 2.75) is 83.8 Å². The zero-order valence-electron chi connectivity index (χ0n) is 24.3. The number of nitrogens with zero attached hydrogens (tertiary/aromatic N) is 3. The molecule has 40 heavy (non-hydrogen) atoms. The zero-order valence-corrected chi connectivity index (χ0v) is 24.3. The van der Waals surface area contributed by atoms with Crippen LogP contribution < -0.4 is 4.90 Å². The lowest BCUT2D eigenvalue weighted by Gasteiger charge is -2.39. The molecular weight excluding hydrogens is 510 g/mol. The molecule has 0 N–H and O–H groups in total. The molecule has 0 radical (unpaired) electrons. The van der Waals surface area contributed by atoms with E-state index in [2.05, 4.69) is 4.57 Å².